The molecule has 3 N–H and O–H groups in total. The second kappa shape index (κ2) is 7.75. The van der Waals surface area contributed by atoms with Gasteiger partial charge in [0.1, 0.15) is 5.75 Å². The number of rotatable bonds is 7. The van der Waals surface area contributed by atoms with Gasteiger partial charge in [-0.2, -0.15) is 8.78 Å². The van der Waals surface area contributed by atoms with E-state index in [9.17, 15) is 18.0 Å². The van der Waals surface area contributed by atoms with E-state index in [1.54, 1.807) is 24.3 Å². The van der Waals surface area contributed by atoms with E-state index in [0.717, 1.165) is 5.56 Å². The second-order valence-electron chi connectivity index (χ2n) is 6.28. The molecule has 5 nitrogen and oxygen atoms in total. The summed E-state index contributed by atoms with van der Waals surface area (Å²) in [5.74, 6) is -1.00. The molecule has 2 aromatic carbocycles. The highest BCUT2D eigenvalue weighted by Crippen LogP contribution is 2.38. The number of hydrogen-bond acceptors (Lipinski definition) is 4. The van der Waals surface area contributed by atoms with Crippen LogP contribution in [0.3, 0.4) is 0 Å². The molecule has 0 spiro atoms. The maximum Gasteiger partial charge on any atom is 0.387 e. The van der Waals surface area contributed by atoms with E-state index < -0.39 is 23.9 Å². The van der Waals surface area contributed by atoms with Crippen molar-refractivity contribution >= 4 is 11.9 Å². The first-order valence-electron chi connectivity index (χ1n) is 8.46. The number of halogens is 3. The van der Waals surface area contributed by atoms with Crippen LogP contribution in [0.2, 0.25) is 0 Å². The molecule has 0 fully saturated rings. The molecule has 0 aliphatic carbocycles. The number of nitrogens with two attached hydrogens (primary N) is 1. The Morgan fingerprint density at radius 3 is 2.50 bits per heavy atom. The van der Waals surface area contributed by atoms with Gasteiger partial charge in [-0.1, -0.05) is 43.0 Å². The average Bonchev–Trinajstić information content (AvgIpc) is 2.95. The fourth-order valence-electron chi connectivity index (χ4n) is 3.13. The van der Waals surface area contributed by atoms with Crippen LogP contribution in [0.15, 0.2) is 65.9 Å². The lowest BCUT2D eigenvalue weighted by atomic mass is 9.82. The van der Waals surface area contributed by atoms with Gasteiger partial charge < -0.3 is 10.5 Å². The number of guanidine groups is 1. The van der Waals surface area contributed by atoms with Crippen molar-refractivity contribution in [2.75, 3.05) is 0 Å². The summed E-state index contributed by atoms with van der Waals surface area (Å²) in [6, 6.07) is 12.6. The summed E-state index contributed by atoms with van der Waals surface area (Å²) >= 11 is 0. The molecule has 28 heavy (non-hydrogen) atoms. The number of amides is 1. The number of carbonyl (C=O) groups excluding carboxylic acids is 1. The predicted molar refractivity (Wildman–Crippen MR) is 98.6 cm³/mol. The van der Waals surface area contributed by atoms with E-state index in [1.807, 2.05) is 0 Å². The quantitative estimate of drug-likeness (QED) is 0.762. The zero-order valence-electron chi connectivity index (χ0n) is 14.8. The van der Waals surface area contributed by atoms with Crippen molar-refractivity contribution in [1.29, 1.82) is 0 Å². The topological polar surface area (TPSA) is 76.7 Å². The Labute approximate surface area is 159 Å². The summed E-state index contributed by atoms with van der Waals surface area (Å²) in [7, 11) is 0. The van der Waals surface area contributed by atoms with Gasteiger partial charge in [0.2, 0.25) is 0 Å². The van der Waals surface area contributed by atoms with Gasteiger partial charge in [0.25, 0.3) is 5.91 Å². The number of nitrogens with one attached hydrogen (secondary N) is 1. The minimum absolute atomic E-state index is 0.0422. The zero-order valence-corrected chi connectivity index (χ0v) is 14.8. The lowest BCUT2D eigenvalue weighted by molar-refractivity contribution is -0.122. The molecule has 1 atom stereocenters. The highest BCUT2D eigenvalue weighted by Gasteiger charge is 2.46. The molecule has 0 saturated heterocycles. The number of allylic oxidation sites excluding steroid dienone is 1. The third-order valence-electron chi connectivity index (χ3n) is 4.39. The maximum atomic E-state index is 13.0. The van der Waals surface area contributed by atoms with Crippen molar-refractivity contribution in [3.05, 3.63) is 77.6 Å². The van der Waals surface area contributed by atoms with Gasteiger partial charge in [-0.05, 0) is 35.2 Å². The monoisotopic (exact) mass is 389 g/mol. The number of hydrogen-bond donors (Lipinski definition) is 2. The largest absolute Gasteiger partial charge is 0.435 e. The number of alkyl halides is 2. The molecular weight excluding hydrogens is 371 g/mol. The molecule has 2 aromatic rings. The van der Waals surface area contributed by atoms with E-state index >= 15 is 0 Å². The van der Waals surface area contributed by atoms with Crippen molar-refractivity contribution in [1.82, 2.24) is 5.32 Å². The Balaban J connectivity index is 2.04. The number of nitrogens with zero attached hydrogens (tertiary/aromatic N) is 1. The minimum Gasteiger partial charge on any atom is -0.435 e. The van der Waals surface area contributed by atoms with Crippen LogP contribution in [0.1, 0.15) is 23.1 Å². The zero-order chi connectivity index (χ0) is 20.3. The van der Waals surface area contributed by atoms with Crippen LogP contribution in [0.5, 0.6) is 5.75 Å². The minimum atomic E-state index is -2.95. The van der Waals surface area contributed by atoms with E-state index in [0.29, 0.717) is 17.5 Å². The van der Waals surface area contributed by atoms with Gasteiger partial charge in [-0.15, -0.1) is 0 Å². The molecule has 0 saturated carbocycles. The fourth-order valence-corrected chi connectivity index (χ4v) is 3.13. The van der Waals surface area contributed by atoms with Crippen molar-refractivity contribution in [3.8, 4) is 5.75 Å². The van der Waals surface area contributed by atoms with Gasteiger partial charge in [-0.3, -0.25) is 10.1 Å². The number of aliphatic imine (C=N–C) groups is 1. The lowest BCUT2D eigenvalue weighted by Crippen LogP contribution is -2.39. The van der Waals surface area contributed by atoms with Crippen molar-refractivity contribution in [2.24, 2.45) is 10.7 Å². The molecule has 1 heterocycles. The number of ether oxygens (including phenoxy) is 1. The molecule has 0 aromatic heterocycles. The van der Waals surface area contributed by atoms with E-state index in [2.05, 4.69) is 21.6 Å². The Bertz CT molecular complexity index is 929. The Morgan fingerprint density at radius 1 is 1.21 bits per heavy atom. The van der Waals surface area contributed by atoms with Crippen LogP contribution < -0.4 is 15.8 Å². The van der Waals surface area contributed by atoms with Crippen LogP contribution in [-0.4, -0.2) is 18.5 Å². The van der Waals surface area contributed by atoms with Crippen LogP contribution in [-0.2, 0) is 16.8 Å². The fraction of sp³-hybridized carbons (Fsp3) is 0.200. The molecule has 1 aliphatic heterocycles. The molecule has 1 amide bonds. The number of carbonyl (C=O) groups is 1. The lowest BCUT2D eigenvalue weighted by Gasteiger charge is -2.25. The van der Waals surface area contributed by atoms with Crippen molar-refractivity contribution in [2.45, 2.75) is 25.0 Å². The van der Waals surface area contributed by atoms with Gasteiger partial charge in [-0.25, -0.2) is 9.38 Å². The Morgan fingerprint density at radius 2 is 1.93 bits per heavy atom. The SMILES string of the molecule is C=C(F)CCc1cccc(C2(c3ccc(OC(F)F)cc3)N=C(N)NC2=O)c1. The number of benzene rings is 2. The molecule has 3 rings (SSSR count). The summed E-state index contributed by atoms with van der Waals surface area (Å²) in [6.07, 6.45) is 0.564. The highest BCUT2D eigenvalue weighted by atomic mass is 19.3. The average molecular weight is 389 g/mol. The third kappa shape index (κ3) is 3.85. The molecular formula is C20H18F3N3O2. The van der Waals surface area contributed by atoms with Crippen LogP contribution in [0, 0.1) is 0 Å². The molecule has 8 heteroatoms. The molecule has 146 valence electrons. The summed E-state index contributed by atoms with van der Waals surface area (Å²) < 4.78 is 42.1. The first-order valence-corrected chi connectivity index (χ1v) is 8.46. The third-order valence-corrected chi connectivity index (χ3v) is 4.39. The second-order valence-corrected chi connectivity index (χ2v) is 6.28. The normalized spacial score (nSPS) is 18.7. The molecule has 0 radical (unpaired) electrons. The first-order chi connectivity index (χ1) is 13.3. The molecule has 0 bridgehead atoms. The van der Waals surface area contributed by atoms with Crippen LogP contribution in [0.25, 0.3) is 0 Å². The van der Waals surface area contributed by atoms with Gasteiger partial charge in [0.15, 0.2) is 11.5 Å². The molecule has 1 aliphatic rings. The molecule has 1 unspecified atom stereocenters. The van der Waals surface area contributed by atoms with Crippen molar-refractivity contribution < 1.29 is 22.7 Å². The van der Waals surface area contributed by atoms with Crippen molar-refractivity contribution in [3.63, 3.8) is 0 Å². The summed E-state index contributed by atoms with van der Waals surface area (Å²) in [6.45, 7) is 0.294. The summed E-state index contributed by atoms with van der Waals surface area (Å²) in [4.78, 5) is 17.1. The van der Waals surface area contributed by atoms with E-state index in [1.165, 1.54) is 24.3 Å². The van der Waals surface area contributed by atoms with Gasteiger partial charge in [0.05, 0.1) is 5.83 Å². The van der Waals surface area contributed by atoms with Gasteiger partial charge in [0, 0.05) is 6.42 Å². The van der Waals surface area contributed by atoms with Crippen LogP contribution >= 0.6 is 0 Å². The Kier molecular flexibility index (Phi) is 5.39. The summed E-state index contributed by atoms with van der Waals surface area (Å²) in [5, 5.41) is 2.48. The van der Waals surface area contributed by atoms with E-state index in [4.69, 9.17) is 5.73 Å². The Hall–Kier alpha value is -3.29. The van der Waals surface area contributed by atoms with Gasteiger partial charge >= 0.3 is 6.61 Å². The predicted octanol–water partition coefficient (Wildman–Crippen LogP) is 3.39. The smallest absolute Gasteiger partial charge is 0.387 e. The standard InChI is InChI=1S/C20H18F3N3O2/c1-12(21)5-6-13-3-2-4-15(11-13)20(17(27)25-19(24)26-20)14-7-9-16(10-8-14)28-18(22)23/h2-4,7-11,18H,1,5-6H2,(H3,24,25,26,27). The first kappa shape index (κ1) is 19.5. The summed E-state index contributed by atoms with van der Waals surface area (Å²) in [5.41, 5.74) is 6.01. The van der Waals surface area contributed by atoms with E-state index in [-0.39, 0.29) is 18.1 Å². The number of aryl methyl sites for hydroxylation is 1. The van der Waals surface area contributed by atoms with Crippen LogP contribution in [0.4, 0.5) is 13.2 Å². The highest BCUT2D eigenvalue weighted by molar-refractivity contribution is 6.09. The maximum absolute atomic E-state index is 13.0.